The zero-order valence-electron chi connectivity index (χ0n) is 25.2. The number of nitrogens with two attached hydrogens (primary N) is 1. The van der Waals surface area contributed by atoms with Gasteiger partial charge in [-0.1, -0.05) is 18.2 Å². The molecule has 4 aromatic rings. The van der Waals surface area contributed by atoms with E-state index in [0.29, 0.717) is 43.0 Å². The Hall–Kier alpha value is -3.87. The molecule has 0 spiro atoms. The van der Waals surface area contributed by atoms with Gasteiger partial charge in [0.25, 0.3) is 5.91 Å². The Labute approximate surface area is 282 Å². The van der Waals surface area contributed by atoms with Crippen LogP contribution in [0.15, 0.2) is 59.4 Å². The van der Waals surface area contributed by atoms with Crippen molar-refractivity contribution >= 4 is 51.9 Å². The van der Waals surface area contributed by atoms with Crippen molar-refractivity contribution in [2.45, 2.75) is 45.2 Å². The molecule has 0 bridgehead atoms. The summed E-state index contributed by atoms with van der Waals surface area (Å²) in [5.41, 5.74) is 1.55. The van der Waals surface area contributed by atoms with E-state index in [9.17, 15) is 40.7 Å². The van der Waals surface area contributed by atoms with E-state index in [1.165, 1.54) is 17.8 Å². The fourth-order valence-corrected chi connectivity index (χ4v) is 6.59. The minimum absolute atomic E-state index is 0.0504. The largest absolute Gasteiger partial charge is 0.416 e. The maximum absolute atomic E-state index is 14.2. The minimum Gasteiger partial charge on any atom is -0.366 e. The second kappa shape index (κ2) is 13.3. The Morgan fingerprint density at radius 2 is 1.57 bits per heavy atom. The van der Waals surface area contributed by atoms with Gasteiger partial charge in [-0.15, -0.1) is 0 Å². The summed E-state index contributed by atoms with van der Waals surface area (Å²) in [5, 5.41) is 7.19. The molecule has 2 N–H and O–H groups in total. The quantitative estimate of drug-likeness (QED) is 0.157. The second-order valence-corrected chi connectivity index (χ2v) is 13.2. The summed E-state index contributed by atoms with van der Waals surface area (Å²) < 4.78 is 81.9. The molecule has 2 amide bonds. The van der Waals surface area contributed by atoms with E-state index >= 15 is 0 Å². The standard InChI is InChI=1S/C30H27F6IN6O3S/c1-16-10-17(14-41-27(46)43(40-39-41)20-12-18(29(31,32)33)11-19(13-20)30(34,35)36)8-9-23(16)42(28(2,3)15-47-4)26(45)24-21(25(38)44)6-5-7-22(24)37/h5-13H,14-15H2,1-4H3,(H2,38,44). The number of rotatable bonds is 9. The van der Waals surface area contributed by atoms with Gasteiger partial charge >= 0.3 is 18.0 Å². The molecule has 1 heterocycles. The number of thioether (sulfide) groups is 1. The van der Waals surface area contributed by atoms with Crippen LogP contribution in [-0.4, -0.2) is 49.2 Å². The molecule has 250 valence electrons. The summed E-state index contributed by atoms with van der Waals surface area (Å²) in [4.78, 5) is 41.1. The van der Waals surface area contributed by atoms with Crippen LogP contribution < -0.4 is 16.3 Å². The van der Waals surface area contributed by atoms with Crippen LogP contribution in [0.25, 0.3) is 5.69 Å². The number of primary amides is 1. The Balaban J connectivity index is 1.74. The molecular formula is C30H27F6IN6O3S. The normalized spacial score (nSPS) is 12.3. The van der Waals surface area contributed by atoms with E-state index in [0.717, 1.165) is 4.68 Å². The van der Waals surface area contributed by atoms with Gasteiger partial charge in [0.1, 0.15) is 0 Å². The van der Waals surface area contributed by atoms with Crippen molar-refractivity contribution in [1.29, 1.82) is 0 Å². The van der Waals surface area contributed by atoms with Crippen molar-refractivity contribution in [3.63, 3.8) is 0 Å². The fourth-order valence-electron chi connectivity index (χ4n) is 5.02. The lowest BCUT2D eigenvalue weighted by molar-refractivity contribution is -0.143. The van der Waals surface area contributed by atoms with Crippen LogP contribution in [0.1, 0.15) is 56.8 Å². The molecule has 0 saturated carbocycles. The van der Waals surface area contributed by atoms with Gasteiger partial charge in [-0.2, -0.15) is 47.5 Å². The number of aromatic nitrogens is 4. The molecule has 9 nitrogen and oxygen atoms in total. The fraction of sp³-hybridized carbons (Fsp3) is 0.300. The van der Waals surface area contributed by atoms with E-state index in [1.807, 2.05) is 42.7 Å². The van der Waals surface area contributed by atoms with E-state index < -0.39 is 52.2 Å². The molecular weight excluding hydrogens is 765 g/mol. The summed E-state index contributed by atoms with van der Waals surface area (Å²) in [6.45, 7) is 5.21. The highest BCUT2D eigenvalue weighted by Crippen LogP contribution is 2.37. The Bertz CT molecular complexity index is 1870. The molecule has 3 aromatic carbocycles. The number of carbonyl (C=O) groups excluding carboxylic acids is 2. The lowest BCUT2D eigenvalue weighted by atomic mass is 9.97. The summed E-state index contributed by atoms with van der Waals surface area (Å²) in [7, 11) is 0. The van der Waals surface area contributed by atoms with Crippen LogP contribution in [0.3, 0.4) is 0 Å². The summed E-state index contributed by atoms with van der Waals surface area (Å²) in [5.74, 6) is -0.712. The van der Waals surface area contributed by atoms with Gasteiger partial charge in [-0.3, -0.25) is 9.59 Å². The van der Waals surface area contributed by atoms with E-state index in [1.54, 1.807) is 42.2 Å². The number of nitrogens with zero attached hydrogens (tertiary/aromatic N) is 5. The number of aryl methyl sites for hydroxylation is 1. The minimum atomic E-state index is -5.12. The maximum Gasteiger partial charge on any atom is 0.416 e. The number of alkyl halides is 6. The van der Waals surface area contributed by atoms with Gasteiger partial charge in [0, 0.05) is 15.0 Å². The molecule has 0 saturated heterocycles. The smallest absolute Gasteiger partial charge is 0.366 e. The van der Waals surface area contributed by atoms with Crippen LogP contribution in [0.4, 0.5) is 32.0 Å². The van der Waals surface area contributed by atoms with E-state index in [-0.39, 0.29) is 23.7 Å². The van der Waals surface area contributed by atoms with Crippen LogP contribution in [0.2, 0.25) is 0 Å². The number of carbonyl (C=O) groups is 2. The maximum atomic E-state index is 14.2. The highest BCUT2D eigenvalue weighted by Gasteiger charge is 2.38. The van der Waals surface area contributed by atoms with Crippen molar-refractivity contribution in [3.05, 3.63) is 102 Å². The molecule has 47 heavy (non-hydrogen) atoms. The lowest BCUT2D eigenvalue weighted by Crippen LogP contribution is -2.51. The number of hydrogen-bond acceptors (Lipinski definition) is 6. The average Bonchev–Trinajstić information content (AvgIpc) is 3.32. The molecule has 0 aliphatic heterocycles. The first kappa shape index (κ1) is 36.0. The predicted octanol–water partition coefficient (Wildman–Crippen LogP) is 6.32. The van der Waals surface area contributed by atoms with Gasteiger partial charge in [0.05, 0.1) is 40.0 Å². The molecule has 0 aliphatic carbocycles. The van der Waals surface area contributed by atoms with Gasteiger partial charge in [-0.05, 0) is 108 Å². The second-order valence-electron chi connectivity index (χ2n) is 11.1. The van der Waals surface area contributed by atoms with Gasteiger partial charge in [-0.25, -0.2) is 4.79 Å². The van der Waals surface area contributed by atoms with Crippen LogP contribution in [0, 0.1) is 10.5 Å². The molecule has 17 heteroatoms. The summed E-state index contributed by atoms with van der Waals surface area (Å²) in [6.07, 6.45) is -8.35. The number of hydrogen-bond donors (Lipinski definition) is 1. The topological polar surface area (TPSA) is 116 Å². The first-order chi connectivity index (χ1) is 21.8. The van der Waals surface area contributed by atoms with E-state index in [4.69, 9.17) is 5.73 Å². The van der Waals surface area contributed by atoms with Crippen LogP contribution >= 0.6 is 34.4 Å². The number of tetrazole rings is 1. The van der Waals surface area contributed by atoms with Crippen molar-refractivity contribution < 1.29 is 35.9 Å². The van der Waals surface area contributed by atoms with Gasteiger partial charge < -0.3 is 10.6 Å². The average molecular weight is 793 g/mol. The predicted molar refractivity (Wildman–Crippen MR) is 173 cm³/mol. The SMILES string of the molecule is CSCC(C)(C)N(C(=O)c1c(I)cccc1C(N)=O)c1ccc(Cn2nnn(-c3cc(C(F)(F)F)cc(C(F)(F)F)c3)c2=O)cc1C. The zero-order chi connectivity index (χ0) is 35.1. The third-order valence-electron chi connectivity index (χ3n) is 7.09. The van der Waals surface area contributed by atoms with Crippen molar-refractivity contribution in [2.24, 2.45) is 5.73 Å². The van der Waals surface area contributed by atoms with Gasteiger partial charge in [0.15, 0.2) is 0 Å². The summed E-state index contributed by atoms with van der Waals surface area (Å²) in [6, 6.07) is 10.4. The van der Waals surface area contributed by atoms with Crippen LogP contribution in [0.5, 0.6) is 0 Å². The molecule has 0 unspecified atom stereocenters. The Morgan fingerprint density at radius 3 is 2.11 bits per heavy atom. The number of anilines is 1. The van der Waals surface area contributed by atoms with E-state index in [2.05, 4.69) is 10.4 Å². The Morgan fingerprint density at radius 1 is 0.957 bits per heavy atom. The molecule has 4 rings (SSSR count). The van der Waals surface area contributed by atoms with Crippen molar-refractivity contribution in [2.75, 3.05) is 16.9 Å². The van der Waals surface area contributed by atoms with Gasteiger partial charge in [0.2, 0.25) is 5.91 Å². The highest BCUT2D eigenvalue weighted by molar-refractivity contribution is 14.1. The molecule has 0 atom stereocenters. The monoisotopic (exact) mass is 792 g/mol. The molecule has 0 radical (unpaired) electrons. The third kappa shape index (κ3) is 7.66. The number of halogens is 7. The molecule has 0 fully saturated rings. The first-order valence-corrected chi connectivity index (χ1v) is 16.1. The number of benzene rings is 3. The number of amides is 2. The highest BCUT2D eigenvalue weighted by atomic mass is 127. The summed E-state index contributed by atoms with van der Waals surface area (Å²) >= 11 is 3.47. The molecule has 0 aliphatic rings. The Kier molecular flexibility index (Phi) is 10.2. The molecule has 1 aromatic heterocycles. The van der Waals surface area contributed by atoms with Crippen LogP contribution in [-0.2, 0) is 18.9 Å². The third-order valence-corrected chi connectivity index (χ3v) is 8.98. The zero-order valence-corrected chi connectivity index (χ0v) is 28.2. The first-order valence-electron chi connectivity index (χ1n) is 13.6. The van der Waals surface area contributed by atoms with Crippen molar-refractivity contribution in [1.82, 2.24) is 19.8 Å². The lowest BCUT2D eigenvalue weighted by Gasteiger charge is -2.40. The van der Waals surface area contributed by atoms with Crippen molar-refractivity contribution in [3.8, 4) is 5.69 Å².